The molecule has 0 aliphatic carbocycles. The van der Waals surface area contributed by atoms with Gasteiger partial charge in [0.05, 0.1) is 18.6 Å². The maximum absolute atomic E-state index is 12.3. The number of nitrogens with one attached hydrogen (secondary N) is 2. The second-order valence-electron chi connectivity index (χ2n) is 6.93. The van der Waals surface area contributed by atoms with Crippen molar-refractivity contribution < 1.29 is 19.2 Å². The fourth-order valence-electron chi connectivity index (χ4n) is 2.57. The van der Waals surface area contributed by atoms with Crippen molar-refractivity contribution in [1.29, 1.82) is 0 Å². The number of hydrogen-bond acceptors (Lipinski definition) is 6. The lowest BCUT2D eigenvalue weighted by molar-refractivity contribution is -0.385. The molecule has 0 aliphatic heterocycles. The molecule has 0 aromatic heterocycles. The normalized spacial score (nSPS) is 10.4. The number of hydrogen-bond donors (Lipinski definition) is 2. The average molecular weight is 432 g/mol. The quantitative estimate of drug-likeness (QED) is 0.353. The average Bonchev–Trinajstić information content (AvgIpc) is 2.72. The van der Waals surface area contributed by atoms with E-state index in [9.17, 15) is 14.9 Å². The number of ether oxygens (including phenoxy) is 2. The lowest BCUT2D eigenvalue weighted by Gasteiger charge is -2.14. The minimum Gasteiger partial charge on any atom is -0.493 e. The Morgan fingerprint density at radius 3 is 2.60 bits per heavy atom. The van der Waals surface area contributed by atoms with Gasteiger partial charge in [0.1, 0.15) is 5.56 Å². The van der Waals surface area contributed by atoms with E-state index < -0.39 is 10.8 Å². The van der Waals surface area contributed by atoms with Gasteiger partial charge in [0.25, 0.3) is 11.6 Å². The molecule has 1 amide bonds. The lowest BCUT2D eigenvalue weighted by Crippen LogP contribution is -2.39. The number of para-hydroxylation sites is 1. The van der Waals surface area contributed by atoms with Crippen molar-refractivity contribution >= 4 is 28.9 Å². The van der Waals surface area contributed by atoms with E-state index in [0.717, 1.165) is 12.0 Å². The number of nitrogens with zero attached hydrogens (tertiary/aromatic N) is 1. The molecule has 160 valence electrons. The first-order valence-corrected chi connectivity index (χ1v) is 9.85. The molecule has 0 aliphatic rings. The molecule has 2 N–H and O–H groups in total. The number of benzene rings is 2. The molecule has 0 bridgehead atoms. The highest BCUT2D eigenvalue weighted by Gasteiger charge is 2.19. The van der Waals surface area contributed by atoms with Crippen LogP contribution in [0.4, 0.5) is 5.69 Å². The minimum absolute atomic E-state index is 0.0591. The first-order valence-electron chi connectivity index (χ1n) is 9.44. The van der Waals surface area contributed by atoms with E-state index in [1.165, 1.54) is 18.2 Å². The van der Waals surface area contributed by atoms with Crippen LogP contribution in [0.2, 0.25) is 0 Å². The van der Waals surface area contributed by atoms with Crippen LogP contribution in [0.15, 0.2) is 42.5 Å². The van der Waals surface area contributed by atoms with Gasteiger partial charge in [-0.3, -0.25) is 20.2 Å². The summed E-state index contributed by atoms with van der Waals surface area (Å²) in [5.74, 6) is 1.17. The molecule has 0 atom stereocenters. The molecule has 0 saturated heterocycles. The summed E-state index contributed by atoms with van der Waals surface area (Å²) in [6.45, 7) is 5.20. The molecule has 9 heteroatoms. The smallest absolute Gasteiger partial charge is 0.282 e. The Balaban J connectivity index is 1.94. The predicted octanol–water partition coefficient (Wildman–Crippen LogP) is 3.83. The molecule has 2 rings (SSSR count). The number of carbonyl (C=O) groups excluding carboxylic acids is 1. The number of amides is 1. The SMILES string of the molecule is COc1cc(CNC(=S)NC(=O)c2ccccc2[N+](=O)[O-])ccc1OCCC(C)C. The zero-order chi connectivity index (χ0) is 22.1. The third-order valence-electron chi connectivity index (χ3n) is 4.21. The summed E-state index contributed by atoms with van der Waals surface area (Å²) in [6.07, 6.45) is 0.944. The van der Waals surface area contributed by atoms with Gasteiger partial charge >= 0.3 is 0 Å². The van der Waals surface area contributed by atoms with E-state index in [-0.39, 0.29) is 16.4 Å². The van der Waals surface area contributed by atoms with Crippen molar-refractivity contribution in [1.82, 2.24) is 10.6 Å². The molecule has 0 heterocycles. The molecule has 0 fully saturated rings. The van der Waals surface area contributed by atoms with E-state index in [4.69, 9.17) is 21.7 Å². The number of methoxy groups -OCH3 is 1. The van der Waals surface area contributed by atoms with Gasteiger partial charge < -0.3 is 14.8 Å². The van der Waals surface area contributed by atoms with E-state index in [1.807, 2.05) is 18.2 Å². The Labute approximate surface area is 180 Å². The van der Waals surface area contributed by atoms with Gasteiger partial charge in [0.2, 0.25) is 0 Å². The van der Waals surface area contributed by atoms with Crippen molar-refractivity contribution in [2.45, 2.75) is 26.8 Å². The third kappa shape index (κ3) is 6.70. The predicted molar refractivity (Wildman–Crippen MR) is 118 cm³/mol. The number of nitro benzene ring substituents is 1. The Kier molecular flexibility index (Phi) is 8.54. The van der Waals surface area contributed by atoms with Gasteiger partial charge in [-0.2, -0.15) is 0 Å². The zero-order valence-electron chi connectivity index (χ0n) is 17.1. The van der Waals surface area contributed by atoms with Crippen molar-refractivity contribution in [2.75, 3.05) is 13.7 Å². The highest BCUT2D eigenvalue weighted by molar-refractivity contribution is 7.80. The maximum atomic E-state index is 12.3. The van der Waals surface area contributed by atoms with Crippen molar-refractivity contribution in [2.24, 2.45) is 5.92 Å². The van der Waals surface area contributed by atoms with Crippen molar-refractivity contribution in [3.05, 3.63) is 63.7 Å². The topological polar surface area (TPSA) is 103 Å². The van der Waals surface area contributed by atoms with E-state index in [2.05, 4.69) is 24.5 Å². The van der Waals surface area contributed by atoms with Gasteiger partial charge in [-0.25, -0.2) is 0 Å². The Morgan fingerprint density at radius 1 is 1.20 bits per heavy atom. The molecule has 2 aromatic rings. The Morgan fingerprint density at radius 2 is 1.93 bits per heavy atom. The summed E-state index contributed by atoms with van der Waals surface area (Å²) in [7, 11) is 1.57. The number of thiocarbonyl (C=S) groups is 1. The lowest BCUT2D eigenvalue weighted by atomic mass is 10.1. The van der Waals surface area contributed by atoms with Crippen LogP contribution in [0.5, 0.6) is 11.5 Å². The molecule has 0 saturated carbocycles. The van der Waals surface area contributed by atoms with Gasteiger partial charge in [0.15, 0.2) is 16.6 Å². The summed E-state index contributed by atoms with van der Waals surface area (Å²) >= 11 is 5.14. The van der Waals surface area contributed by atoms with Crippen molar-refractivity contribution in [3.8, 4) is 11.5 Å². The van der Waals surface area contributed by atoms with Gasteiger partial charge in [-0.05, 0) is 48.3 Å². The number of rotatable bonds is 9. The van der Waals surface area contributed by atoms with Crippen LogP contribution in [0.25, 0.3) is 0 Å². The molecule has 8 nitrogen and oxygen atoms in total. The van der Waals surface area contributed by atoms with E-state index >= 15 is 0 Å². The molecule has 0 unspecified atom stereocenters. The van der Waals surface area contributed by atoms with E-state index in [0.29, 0.717) is 30.6 Å². The Hall–Kier alpha value is -3.20. The van der Waals surface area contributed by atoms with Crippen LogP contribution in [0.1, 0.15) is 36.2 Å². The van der Waals surface area contributed by atoms with Crippen LogP contribution in [-0.2, 0) is 6.54 Å². The zero-order valence-corrected chi connectivity index (χ0v) is 18.0. The van der Waals surface area contributed by atoms with Gasteiger partial charge in [-0.15, -0.1) is 0 Å². The number of carbonyl (C=O) groups is 1. The first-order chi connectivity index (χ1) is 14.3. The molecule has 2 aromatic carbocycles. The molecule has 30 heavy (non-hydrogen) atoms. The minimum atomic E-state index is -0.647. The van der Waals surface area contributed by atoms with Crippen LogP contribution < -0.4 is 20.1 Å². The summed E-state index contributed by atoms with van der Waals surface area (Å²) in [5.41, 5.74) is 0.525. The fraction of sp³-hybridized carbons (Fsp3) is 0.333. The third-order valence-corrected chi connectivity index (χ3v) is 4.45. The maximum Gasteiger partial charge on any atom is 0.282 e. The fourth-order valence-corrected chi connectivity index (χ4v) is 2.73. The number of nitro groups is 1. The summed E-state index contributed by atoms with van der Waals surface area (Å²) in [6, 6.07) is 11.2. The van der Waals surface area contributed by atoms with Gasteiger partial charge in [-0.1, -0.05) is 32.0 Å². The van der Waals surface area contributed by atoms with Crippen LogP contribution in [-0.4, -0.2) is 29.7 Å². The summed E-state index contributed by atoms with van der Waals surface area (Å²) in [5, 5.41) is 16.5. The first kappa shape index (κ1) is 23.1. The largest absolute Gasteiger partial charge is 0.493 e. The second-order valence-corrected chi connectivity index (χ2v) is 7.34. The highest BCUT2D eigenvalue weighted by Crippen LogP contribution is 2.28. The standard InChI is InChI=1S/C21H25N3O5S/c1-14(2)10-11-29-18-9-8-15(12-19(18)28-3)13-22-21(30)23-20(25)16-6-4-5-7-17(16)24(26)27/h4-9,12,14H,10-11,13H2,1-3H3,(H2,22,23,25,30). The Bertz CT molecular complexity index is 917. The highest BCUT2D eigenvalue weighted by atomic mass is 32.1. The monoisotopic (exact) mass is 431 g/mol. The van der Waals surface area contributed by atoms with Gasteiger partial charge in [0, 0.05) is 12.6 Å². The van der Waals surface area contributed by atoms with Crippen molar-refractivity contribution in [3.63, 3.8) is 0 Å². The summed E-state index contributed by atoms with van der Waals surface area (Å²) in [4.78, 5) is 22.8. The summed E-state index contributed by atoms with van der Waals surface area (Å²) < 4.78 is 11.2. The van der Waals surface area contributed by atoms with E-state index in [1.54, 1.807) is 13.2 Å². The molecule has 0 spiro atoms. The second kappa shape index (κ2) is 11.1. The van der Waals surface area contributed by atoms with Crippen LogP contribution in [0.3, 0.4) is 0 Å². The molecular weight excluding hydrogens is 406 g/mol. The molecule has 0 radical (unpaired) electrons. The molecular formula is C21H25N3O5S. The van der Waals surface area contributed by atoms with Crippen LogP contribution >= 0.6 is 12.2 Å². The van der Waals surface area contributed by atoms with Crippen LogP contribution in [0, 0.1) is 16.0 Å².